The third-order valence-corrected chi connectivity index (χ3v) is 8.20. The molecule has 3 aliphatic heterocycles. The van der Waals surface area contributed by atoms with E-state index in [1.807, 2.05) is 0 Å². The summed E-state index contributed by atoms with van der Waals surface area (Å²) in [4.78, 5) is 57.2. The van der Waals surface area contributed by atoms with Gasteiger partial charge in [0.05, 0.1) is 29.1 Å². The van der Waals surface area contributed by atoms with Crippen LogP contribution in [0.1, 0.15) is 26.3 Å². The molecule has 2 saturated heterocycles. The van der Waals surface area contributed by atoms with E-state index in [2.05, 4.69) is 15.9 Å². The number of hydrogen-bond donors (Lipinski definition) is 0. The van der Waals surface area contributed by atoms with Crippen LogP contribution in [0.15, 0.2) is 107 Å². The van der Waals surface area contributed by atoms with E-state index in [1.54, 1.807) is 77.8 Å². The van der Waals surface area contributed by atoms with Gasteiger partial charge in [-0.05, 0) is 36.4 Å². The number of nitrogens with zero attached hydrogens (tertiary/aromatic N) is 2. The Hall–Kier alpha value is -4.31. The van der Waals surface area contributed by atoms with Crippen LogP contribution in [-0.4, -0.2) is 40.4 Å². The Morgan fingerprint density at radius 2 is 1.49 bits per heavy atom. The summed E-state index contributed by atoms with van der Waals surface area (Å²) in [7, 11) is 0. The van der Waals surface area contributed by atoms with Crippen LogP contribution in [0.5, 0.6) is 0 Å². The molecule has 10 heteroatoms. The van der Waals surface area contributed by atoms with Crippen LogP contribution in [0.4, 0.5) is 18.9 Å². The minimum absolute atomic E-state index is 0.221. The molecule has 0 aliphatic carbocycles. The number of rotatable bonds is 5. The second kappa shape index (κ2) is 9.95. The van der Waals surface area contributed by atoms with Crippen molar-refractivity contribution < 1.29 is 32.3 Å². The second-order valence-electron chi connectivity index (χ2n) is 10.00. The zero-order valence-corrected chi connectivity index (χ0v) is 22.7. The highest BCUT2D eigenvalue weighted by Crippen LogP contribution is 2.47. The molecule has 4 atom stereocenters. The molecular formula is C31H20BrF3N2O4. The maximum atomic E-state index is 13.9. The van der Waals surface area contributed by atoms with Gasteiger partial charge in [-0.25, -0.2) is 4.90 Å². The van der Waals surface area contributed by atoms with Crippen LogP contribution in [0.2, 0.25) is 0 Å². The third kappa shape index (κ3) is 4.52. The summed E-state index contributed by atoms with van der Waals surface area (Å²) in [6.07, 6.45) is -0.00904. The van der Waals surface area contributed by atoms with Crippen LogP contribution in [0.3, 0.4) is 0 Å². The predicted octanol–water partition coefficient (Wildman–Crippen LogP) is 5.85. The van der Waals surface area contributed by atoms with E-state index in [9.17, 15) is 32.3 Å². The number of hydrogen-bond acceptors (Lipinski definition) is 5. The first-order valence-corrected chi connectivity index (χ1v) is 13.5. The van der Waals surface area contributed by atoms with Gasteiger partial charge in [-0.15, -0.1) is 0 Å². The highest BCUT2D eigenvalue weighted by molar-refractivity contribution is 9.10. The molecule has 3 aromatic rings. The molecule has 6 nitrogen and oxygen atoms in total. The van der Waals surface area contributed by atoms with Crippen LogP contribution in [0, 0.1) is 11.8 Å². The number of allylic oxidation sites excluding steroid dienone is 2. The molecule has 206 valence electrons. The lowest BCUT2D eigenvalue weighted by molar-refractivity contribution is -0.137. The normalized spacial score (nSPS) is 23.4. The van der Waals surface area contributed by atoms with Crippen LogP contribution in [0.25, 0.3) is 0 Å². The summed E-state index contributed by atoms with van der Waals surface area (Å²) < 4.78 is 41.1. The maximum absolute atomic E-state index is 13.9. The topological polar surface area (TPSA) is 74.8 Å². The predicted molar refractivity (Wildman–Crippen MR) is 147 cm³/mol. The maximum Gasteiger partial charge on any atom is 0.416 e. The van der Waals surface area contributed by atoms with Gasteiger partial charge in [0, 0.05) is 27.4 Å². The zero-order valence-electron chi connectivity index (χ0n) is 21.1. The molecule has 0 unspecified atom stereocenters. The molecule has 3 aliphatic rings. The molecule has 0 N–H and O–H groups in total. The van der Waals surface area contributed by atoms with Crippen LogP contribution >= 0.6 is 15.9 Å². The minimum atomic E-state index is -4.68. The summed E-state index contributed by atoms with van der Waals surface area (Å²) in [5.41, 5.74) is -0.215. The Bertz CT molecular complexity index is 1650. The molecule has 0 bridgehead atoms. The molecule has 6 rings (SSSR count). The Morgan fingerprint density at radius 3 is 2.17 bits per heavy atom. The van der Waals surface area contributed by atoms with Gasteiger partial charge in [-0.2, -0.15) is 13.2 Å². The van der Waals surface area contributed by atoms with E-state index in [0.717, 1.165) is 27.6 Å². The number of carbonyl (C=O) groups excluding carboxylic acids is 4. The standard InChI is InChI=1S/C31H20BrF3N2O4/c32-21-11-9-18(10-12-21)28(39)26-25-24(23-15-19(13-14-36(23)26)27(38)17-5-2-1-3-6-17)29(40)37(30(25)41)22-8-4-7-20(16-22)31(33,34)35/h1-16,23-26H/t23-,24+,25-,26-/m1/s1. The smallest absolute Gasteiger partial charge is 0.359 e. The first kappa shape index (κ1) is 26.9. The van der Waals surface area contributed by atoms with E-state index >= 15 is 0 Å². The van der Waals surface area contributed by atoms with Crippen molar-refractivity contribution in [1.29, 1.82) is 0 Å². The van der Waals surface area contributed by atoms with Crippen molar-refractivity contribution in [3.05, 3.63) is 124 Å². The quantitative estimate of drug-likeness (QED) is 0.264. The Morgan fingerprint density at radius 1 is 0.805 bits per heavy atom. The van der Waals surface area contributed by atoms with Gasteiger partial charge in [0.25, 0.3) is 0 Å². The molecule has 3 aromatic carbocycles. The lowest BCUT2D eigenvalue weighted by atomic mass is 9.85. The molecule has 2 fully saturated rings. The van der Waals surface area contributed by atoms with Crippen LogP contribution < -0.4 is 4.90 Å². The van der Waals surface area contributed by atoms with Crippen molar-refractivity contribution in [1.82, 2.24) is 4.90 Å². The average molecular weight is 621 g/mol. The lowest BCUT2D eigenvalue weighted by Gasteiger charge is -2.33. The highest BCUT2D eigenvalue weighted by atomic mass is 79.9. The monoisotopic (exact) mass is 620 g/mol. The van der Waals surface area contributed by atoms with E-state index in [-0.39, 0.29) is 17.0 Å². The molecule has 3 heterocycles. The SMILES string of the molecule is O=C(C1=C[C@@H]2[C@@H]3C(=O)N(c4cccc(C(F)(F)F)c4)C(=O)[C@H]3[C@H](C(=O)c3ccc(Br)cc3)N2C=C1)c1ccccc1. The summed E-state index contributed by atoms with van der Waals surface area (Å²) in [6.45, 7) is 0. The van der Waals surface area contributed by atoms with Crippen molar-refractivity contribution in [3.63, 3.8) is 0 Å². The van der Waals surface area contributed by atoms with Gasteiger partial charge < -0.3 is 4.90 Å². The van der Waals surface area contributed by atoms with Gasteiger partial charge >= 0.3 is 6.18 Å². The van der Waals surface area contributed by atoms with Gasteiger partial charge in [0.15, 0.2) is 11.6 Å². The second-order valence-corrected chi connectivity index (χ2v) is 10.9. The zero-order chi connectivity index (χ0) is 29.1. The molecule has 2 amide bonds. The first-order valence-electron chi connectivity index (χ1n) is 12.7. The number of halogens is 4. The Balaban J connectivity index is 1.43. The average Bonchev–Trinajstić information content (AvgIpc) is 3.44. The molecule has 41 heavy (non-hydrogen) atoms. The highest BCUT2D eigenvalue weighted by Gasteiger charge is 2.63. The number of benzene rings is 3. The molecule has 0 aromatic heterocycles. The van der Waals surface area contributed by atoms with Crippen molar-refractivity contribution >= 4 is 45.0 Å². The lowest BCUT2D eigenvalue weighted by Crippen LogP contribution is -2.46. The van der Waals surface area contributed by atoms with Gasteiger partial charge in [-0.3, -0.25) is 19.2 Å². The summed E-state index contributed by atoms with van der Waals surface area (Å²) in [5, 5.41) is 0. The van der Waals surface area contributed by atoms with Crippen LogP contribution in [-0.2, 0) is 15.8 Å². The fourth-order valence-corrected chi connectivity index (χ4v) is 6.08. The fraction of sp³-hybridized carbons (Fsp3) is 0.161. The summed E-state index contributed by atoms with van der Waals surface area (Å²) in [6, 6.07) is 17.1. The van der Waals surface area contributed by atoms with Gasteiger partial charge in [0.2, 0.25) is 11.8 Å². The largest absolute Gasteiger partial charge is 0.416 e. The van der Waals surface area contributed by atoms with E-state index in [1.165, 1.54) is 6.07 Å². The molecular weight excluding hydrogens is 601 g/mol. The first-order chi connectivity index (χ1) is 19.6. The summed E-state index contributed by atoms with van der Waals surface area (Å²) >= 11 is 3.33. The number of amides is 2. The Labute approximate surface area is 240 Å². The molecule has 0 radical (unpaired) electrons. The third-order valence-electron chi connectivity index (χ3n) is 7.68. The summed E-state index contributed by atoms with van der Waals surface area (Å²) in [5.74, 6) is -4.47. The van der Waals surface area contributed by atoms with Crippen molar-refractivity contribution in [3.8, 4) is 0 Å². The molecule has 0 saturated carbocycles. The van der Waals surface area contributed by atoms with E-state index < -0.39 is 53.3 Å². The fourth-order valence-electron chi connectivity index (χ4n) is 5.81. The van der Waals surface area contributed by atoms with Crippen molar-refractivity contribution in [2.45, 2.75) is 18.3 Å². The number of anilines is 1. The number of ketones is 2. The van der Waals surface area contributed by atoms with Gasteiger partial charge in [-0.1, -0.05) is 70.5 Å². The number of carbonyl (C=O) groups is 4. The van der Waals surface area contributed by atoms with Crippen molar-refractivity contribution in [2.75, 3.05) is 4.90 Å². The number of alkyl halides is 3. The Kier molecular flexibility index (Phi) is 6.53. The van der Waals surface area contributed by atoms with Gasteiger partial charge in [0.1, 0.15) is 6.04 Å². The van der Waals surface area contributed by atoms with Crippen molar-refractivity contribution in [2.24, 2.45) is 11.8 Å². The minimum Gasteiger partial charge on any atom is -0.359 e. The molecule has 0 spiro atoms. The number of fused-ring (bicyclic) bond motifs is 3. The van der Waals surface area contributed by atoms with E-state index in [4.69, 9.17) is 0 Å². The number of Topliss-reactive ketones (excluding diaryl/α,β-unsaturated/α-hetero) is 2. The number of imide groups is 1. The van der Waals surface area contributed by atoms with E-state index in [0.29, 0.717) is 11.1 Å².